The molecule has 116 valence electrons. The Balaban J connectivity index is 2.59. The molecule has 1 atom stereocenters. The number of rotatable bonds is 8. The van der Waals surface area contributed by atoms with Crippen molar-refractivity contribution < 1.29 is 19.4 Å². The topological polar surface area (TPSA) is 87.7 Å². The number of carbonyl (C=O) groups excluding carboxylic acids is 1. The third-order valence-corrected chi connectivity index (χ3v) is 2.88. The Bertz CT molecular complexity index is 470. The maximum Gasteiger partial charge on any atom is 0.319 e. The van der Waals surface area contributed by atoms with E-state index in [1.54, 1.807) is 31.4 Å². The van der Waals surface area contributed by atoms with E-state index < -0.39 is 5.97 Å². The molecule has 1 aromatic rings. The molecule has 2 amide bonds. The van der Waals surface area contributed by atoms with Crippen LogP contribution in [0.4, 0.5) is 10.5 Å². The molecule has 1 rings (SSSR count). The van der Waals surface area contributed by atoms with E-state index >= 15 is 0 Å². The molecule has 6 nitrogen and oxygen atoms in total. The van der Waals surface area contributed by atoms with E-state index in [0.717, 1.165) is 12.8 Å². The number of benzene rings is 1. The first-order chi connectivity index (χ1) is 10.0. The first kappa shape index (κ1) is 17.0. The molecule has 3 N–H and O–H groups in total. The smallest absolute Gasteiger partial charge is 0.319 e. The van der Waals surface area contributed by atoms with Crippen molar-refractivity contribution >= 4 is 17.7 Å². The number of amides is 2. The average molecular weight is 294 g/mol. The van der Waals surface area contributed by atoms with Gasteiger partial charge in [-0.15, -0.1) is 0 Å². The quantitative estimate of drug-likeness (QED) is 0.686. The fourth-order valence-corrected chi connectivity index (χ4v) is 2.03. The summed E-state index contributed by atoms with van der Waals surface area (Å²) in [6, 6.07) is 6.43. The van der Waals surface area contributed by atoms with Crippen LogP contribution in [0.15, 0.2) is 24.3 Å². The number of aliphatic carboxylic acids is 1. The van der Waals surface area contributed by atoms with E-state index in [0.29, 0.717) is 17.9 Å². The Morgan fingerprint density at radius 1 is 1.38 bits per heavy atom. The van der Waals surface area contributed by atoms with Crippen molar-refractivity contribution in [2.45, 2.75) is 32.2 Å². The zero-order chi connectivity index (χ0) is 15.7. The van der Waals surface area contributed by atoms with Gasteiger partial charge in [-0.25, -0.2) is 4.79 Å². The van der Waals surface area contributed by atoms with Gasteiger partial charge in [0.15, 0.2) is 0 Å². The zero-order valence-electron chi connectivity index (χ0n) is 12.4. The van der Waals surface area contributed by atoms with Gasteiger partial charge in [0.25, 0.3) is 0 Å². The second-order valence-electron chi connectivity index (χ2n) is 4.81. The third kappa shape index (κ3) is 6.76. The Hall–Kier alpha value is -2.08. The minimum absolute atomic E-state index is 0.0396. The van der Waals surface area contributed by atoms with Crippen LogP contribution in [0.2, 0.25) is 0 Å². The molecule has 0 spiro atoms. The zero-order valence-corrected chi connectivity index (χ0v) is 12.4. The molecule has 0 heterocycles. The summed E-state index contributed by atoms with van der Waals surface area (Å²) in [6.07, 6.45) is 1.71. The second kappa shape index (κ2) is 8.97. The van der Waals surface area contributed by atoms with Crippen LogP contribution in [0.5, 0.6) is 0 Å². The monoisotopic (exact) mass is 294 g/mol. The Kier molecular flexibility index (Phi) is 7.25. The standard InChI is InChI=1S/C15H22N2O4/c1-3-5-13(10-21-2)17-15(20)16-12-7-4-6-11(8-12)9-14(18)19/h4,6-8,13H,3,5,9-10H2,1-2H3,(H,18,19)(H2,16,17,20). The second-order valence-corrected chi connectivity index (χ2v) is 4.81. The van der Waals surface area contributed by atoms with Crippen molar-refractivity contribution in [3.63, 3.8) is 0 Å². The number of methoxy groups -OCH3 is 1. The Labute approximate surface area is 124 Å². The number of carboxylic acid groups (broad SMARTS) is 1. The lowest BCUT2D eigenvalue weighted by molar-refractivity contribution is -0.136. The molecule has 0 saturated heterocycles. The van der Waals surface area contributed by atoms with Gasteiger partial charge in [0, 0.05) is 12.8 Å². The van der Waals surface area contributed by atoms with E-state index in [1.807, 2.05) is 6.92 Å². The van der Waals surface area contributed by atoms with Gasteiger partial charge < -0.3 is 20.5 Å². The maximum absolute atomic E-state index is 11.9. The summed E-state index contributed by atoms with van der Waals surface area (Å²) in [4.78, 5) is 22.6. The van der Waals surface area contributed by atoms with Crippen LogP contribution in [0, 0.1) is 0 Å². The number of carboxylic acids is 1. The molecule has 0 aliphatic rings. The fraction of sp³-hybridized carbons (Fsp3) is 0.467. The van der Waals surface area contributed by atoms with Crippen LogP contribution in [-0.2, 0) is 16.0 Å². The summed E-state index contributed by atoms with van der Waals surface area (Å²) in [5.41, 5.74) is 1.21. The summed E-state index contributed by atoms with van der Waals surface area (Å²) >= 11 is 0. The van der Waals surface area contributed by atoms with Crippen molar-refractivity contribution in [2.75, 3.05) is 19.0 Å². The number of carbonyl (C=O) groups is 2. The highest BCUT2D eigenvalue weighted by atomic mass is 16.5. The summed E-state index contributed by atoms with van der Waals surface area (Å²) in [5.74, 6) is -0.903. The molecule has 0 aliphatic heterocycles. The lowest BCUT2D eigenvalue weighted by atomic mass is 10.1. The minimum atomic E-state index is -0.903. The molecule has 1 unspecified atom stereocenters. The average Bonchev–Trinajstić information content (AvgIpc) is 2.38. The number of anilines is 1. The highest BCUT2D eigenvalue weighted by Gasteiger charge is 2.11. The largest absolute Gasteiger partial charge is 0.481 e. The van der Waals surface area contributed by atoms with E-state index in [9.17, 15) is 9.59 Å². The van der Waals surface area contributed by atoms with Crippen LogP contribution >= 0.6 is 0 Å². The summed E-state index contributed by atoms with van der Waals surface area (Å²) in [5, 5.41) is 14.3. The number of urea groups is 1. The van der Waals surface area contributed by atoms with Crippen molar-refractivity contribution in [1.82, 2.24) is 5.32 Å². The van der Waals surface area contributed by atoms with Gasteiger partial charge in [-0.3, -0.25) is 4.79 Å². The van der Waals surface area contributed by atoms with Gasteiger partial charge in [-0.1, -0.05) is 25.5 Å². The Morgan fingerprint density at radius 3 is 2.76 bits per heavy atom. The molecule has 0 aliphatic carbocycles. The number of hydrogen-bond acceptors (Lipinski definition) is 3. The molecule has 1 aromatic carbocycles. The van der Waals surface area contributed by atoms with Crippen LogP contribution in [0.3, 0.4) is 0 Å². The molecule has 0 saturated carbocycles. The van der Waals surface area contributed by atoms with Crippen molar-refractivity contribution in [1.29, 1.82) is 0 Å². The molecule has 0 bridgehead atoms. The van der Waals surface area contributed by atoms with Crippen molar-refractivity contribution in [2.24, 2.45) is 0 Å². The van der Waals surface area contributed by atoms with Crippen LogP contribution in [-0.4, -0.2) is 36.9 Å². The van der Waals surface area contributed by atoms with Crippen molar-refractivity contribution in [3.8, 4) is 0 Å². The lowest BCUT2D eigenvalue weighted by Gasteiger charge is -2.17. The molecule has 0 radical (unpaired) electrons. The van der Waals surface area contributed by atoms with E-state index in [-0.39, 0.29) is 18.5 Å². The van der Waals surface area contributed by atoms with Gasteiger partial charge in [-0.05, 0) is 24.1 Å². The molecule has 0 fully saturated rings. The fourth-order valence-electron chi connectivity index (χ4n) is 2.03. The first-order valence-corrected chi connectivity index (χ1v) is 6.92. The van der Waals surface area contributed by atoms with Gasteiger partial charge in [0.05, 0.1) is 19.1 Å². The highest BCUT2D eigenvalue weighted by molar-refractivity contribution is 5.89. The SMILES string of the molecule is CCCC(COC)NC(=O)Nc1cccc(CC(=O)O)c1. The number of ether oxygens (including phenoxy) is 1. The predicted molar refractivity (Wildman–Crippen MR) is 80.5 cm³/mol. The minimum Gasteiger partial charge on any atom is -0.481 e. The summed E-state index contributed by atoms with van der Waals surface area (Å²) in [6.45, 7) is 2.50. The lowest BCUT2D eigenvalue weighted by Crippen LogP contribution is -2.40. The van der Waals surface area contributed by atoms with E-state index in [4.69, 9.17) is 9.84 Å². The normalized spacial score (nSPS) is 11.7. The molecular weight excluding hydrogens is 272 g/mol. The van der Waals surface area contributed by atoms with Gasteiger partial charge in [0.2, 0.25) is 0 Å². The van der Waals surface area contributed by atoms with Crippen LogP contribution < -0.4 is 10.6 Å². The molecule has 21 heavy (non-hydrogen) atoms. The summed E-state index contributed by atoms with van der Waals surface area (Å²) < 4.78 is 5.06. The molecular formula is C15H22N2O4. The van der Waals surface area contributed by atoms with Crippen molar-refractivity contribution in [3.05, 3.63) is 29.8 Å². The van der Waals surface area contributed by atoms with E-state index in [1.165, 1.54) is 0 Å². The molecule has 6 heteroatoms. The number of nitrogens with one attached hydrogen (secondary N) is 2. The van der Waals surface area contributed by atoms with Gasteiger partial charge in [0.1, 0.15) is 0 Å². The van der Waals surface area contributed by atoms with Crippen LogP contribution in [0.1, 0.15) is 25.3 Å². The summed E-state index contributed by atoms with van der Waals surface area (Å²) in [7, 11) is 1.59. The van der Waals surface area contributed by atoms with Gasteiger partial charge in [-0.2, -0.15) is 0 Å². The van der Waals surface area contributed by atoms with Gasteiger partial charge >= 0.3 is 12.0 Å². The predicted octanol–water partition coefficient (Wildman–Crippen LogP) is 2.25. The third-order valence-electron chi connectivity index (χ3n) is 2.88. The molecule has 0 aromatic heterocycles. The Morgan fingerprint density at radius 2 is 2.14 bits per heavy atom. The number of hydrogen-bond donors (Lipinski definition) is 3. The van der Waals surface area contributed by atoms with Crippen LogP contribution in [0.25, 0.3) is 0 Å². The first-order valence-electron chi connectivity index (χ1n) is 6.92. The van der Waals surface area contributed by atoms with E-state index in [2.05, 4.69) is 10.6 Å². The maximum atomic E-state index is 11.9. The highest BCUT2D eigenvalue weighted by Crippen LogP contribution is 2.11.